The summed E-state index contributed by atoms with van der Waals surface area (Å²) in [6.45, 7) is 2.03. The van der Waals surface area contributed by atoms with Gasteiger partial charge in [0, 0.05) is 24.3 Å². The number of amides is 1. The van der Waals surface area contributed by atoms with Crippen LogP contribution in [0.2, 0.25) is 0 Å². The lowest BCUT2D eigenvalue weighted by Gasteiger charge is -2.16. The van der Waals surface area contributed by atoms with Crippen LogP contribution in [-0.2, 0) is 0 Å². The first kappa shape index (κ1) is 13.9. The molecule has 104 valence electrons. The maximum Gasteiger partial charge on any atom is 0.251 e. The zero-order valence-corrected chi connectivity index (χ0v) is 11.6. The molecule has 1 amide bonds. The molecule has 3 N–H and O–H groups in total. The van der Waals surface area contributed by atoms with E-state index in [9.17, 15) is 9.90 Å². The molecule has 2 aromatic rings. The van der Waals surface area contributed by atoms with Gasteiger partial charge in [0.15, 0.2) is 0 Å². The number of hydrogen-bond acceptors (Lipinski definition) is 3. The lowest BCUT2D eigenvalue weighted by molar-refractivity contribution is 0.0963. The zero-order valence-electron chi connectivity index (χ0n) is 11.6. The molecule has 2 aromatic carbocycles. The summed E-state index contributed by atoms with van der Waals surface area (Å²) < 4.78 is 0. The predicted octanol–water partition coefficient (Wildman–Crippen LogP) is 2.92. The van der Waals surface area contributed by atoms with Gasteiger partial charge in [-0.1, -0.05) is 18.2 Å². The Bertz CT molecular complexity index is 594. The van der Waals surface area contributed by atoms with Crippen LogP contribution in [0.1, 0.15) is 28.9 Å². The number of carbonyl (C=O) groups is 1. The number of nitrogens with one attached hydrogen (secondary N) is 2. The van der Waals surface area contributed by atoms with Gasteiger partial charge in [-0.2, -0.15) is 0 Å². The molecule has 0 spiro atoms. The first-order chi connectivity index (χ1) is 9.60. The van der Waals surface area contributed by atoms with E-state index < -0.39 is 0 Å². The van der Waals surface area contributed by atoms with E-state index in [0.717, 1.165) is 11.3 Å². The summed E-state index contributed by atoms with van der Waals surface area (Å²) in [6.07, 6.45) is 0. The van der Waals surface area contributed by atoms with E-state index in [1.165, 1.54) is 0 Å². The molecule has 20 heavy (non-hydrogen) atoms. The SMILES string of the molecule is CNC(=O)c1cccc(NC(C)c2ccc(O)cc2)c1. The van der Waals surface area contributed by atoms with Crippen LogP contribution in [-0.4, -0.2) is 18.1 Å². The monoisotopic (exact) mass is 270 g/mol. The number of anilines is 1. The Kier molecular flexibility index (Phi) is 4.25. The minimum Gasteiger partial charge on any atom is -0.508 e. The molecule has 0 saturated heterocycles. The average molecular weight is 270 g/mol. The molecule has 1 unspecified atom stereocenters. The highest BCUT2D eigenvalue weighted by molar-refractivity contribution is 5.94. The summed E-state index contributed by atoms with van der Waals surface area (Å²) in [5.74, 6) is 0.147. The Labute approximate surface area is 118 Å². The fourth-order valence-electron chi connectivity index (χ4n) is 1.99. The van der Waals surface area contributed by atoms with Gasteiger partial charge in [0.25, 0.3) is 5.91 Å². The highest BCUT2D eigenvalue weighted by atomic mass is 16.3. The van der Waals surface area contributed by atoms with Crippen LogP contribution in [0, 0.1) is 0 Å². The fourth-order valence-corrected chi connectivity index (χ4v) is 1.99. The summed E-state index contributed by atoms with van der Waals surface area (Å²) in [6, 6.07) is 14.5. The van der Waals surface area contributed by atoms with Crippen molar-refractivity contribution in [3.63, 3.8) is 0 Å². The zero-order chi connectivity index (χ0) is 14.5. The molecule has 0 bridgehead atoms. The second kappa shape index (κ2) is 6.10. The largest absolute Gasteiger partial charge is 0.508 e. The van der Waals surface area contributed by atoms with E-state index in [0.29, 0.717) is 5.56 Å². The third kappa shape index (κ3) is 3.29. The number of carbonyl (C=O) groups excluding carboxylic acids is 1. The molecular formula is C16H18N2O2. The summed E-state index contributed by atoms with van der Waals surface area (Å²) >= 11 is 0. The maximum atomic E-state index is 11.6. The summed E-state index contributed by atoms with van der Waals surface area (Å²) in [4.78, 5) is 11.6. The molecule has 0 heterocycles. The molecule has 4 heteroatoms. The molecule has 1 atom stereocenters. The molecule has 0 aliphatic carbocycles. The van der Waals surface area contributed by atoms with Gasteiger partial charge in [-0.25, -0.2) is 0 Å². The van der Waals surface area contributed by atoms with Crippen LogP contribution >= 0.6 is 0 Å². The van der Waals surface area contributed by atoms with E-state index in [-0.39, 0.29) is 17.7 Å². The number of benzene rings is 2. The lowest BCUT2D eigenvalue weighted by Crippen LogP contribution is -2.18. The number of aromatic hydroxyl groups is 1. The van der Waals surface area contributed by atoms with E-state index >= 15 is 0 Å². The molecule has 0 aliphatic rings. The molecule has 0 radical (unpaired) electrons. The number of phenolic OH excluding ortho intramolecular Hbond substituents is 1. The van der Waals surface area contributed by atoms with E-state index in [2.05, 4.69) is 10.6 Å². The highest BCUT2D eigenvalue weighted by Crippen LogP contribution is 2.21. The van der Waals surface area contributed by atoms with Gasteiger partial charge in [0.2, 0.25) is 0 Å². The van der Waals surface area contributed by atoms with Crippen LogP contribution in [0.15, 0.2) is 48.5 Å². The number of hydrogen-bond donors (Lipinski definition) is 3. The van der Waals surface area contributed by atoms with Gasteiger partial charge >= 0.3 is 0 Å². The molecule has 0 aromatic heterocycles. The van der Waals surface area contributed by atoms with Gasteiger partial charge in [0.1, 0.15) is 5.75 Å². The standard InChI is InChI=1S/C16H18N2O2/c1-11(12-6-8-15(19)9-7-12)18-14-5-3-4-13(10-14)16(20)17-2/h3-11,18-19H,1-2H3,(H,17,20). The Morgan fingerprint density at radius 2 is 1.85 bits per heavy atom. The van der Waals surface area contributed by atoms with E-state index in [4.69, 9.17) is 0 Å². The van der Waals surface area contributed by atoms with E-state index in [1.807, 2.05) is 37.3 Å². The van der Waals surface area contributed by atoms with Crippen molar-refractivity contribution in [2.75, 3.05) is 12.4 Å². The summed E-state index contributed by atoms with van der Waals surface area (Å²) in [5, 5.41) is 15.2. The molecule has 0 fully saturated rings. The van der Waals surface area contributed by atoms with Crippen molar-refractivity contribution < 1.29 is 9.90 Å². The Morgan fingerprint density at radius 3 is 2.50 bits per heavy atom. The third-order valence-corrected chi connectivity index (χ3v) is 3.13. The Morgan fingerprint density at radius 1 is 1.15 bits per heavy atom. The maximum absolute atomic E-state index is 11.6. The second-order valence-electron chi connectivity index (χ2n) is 4.62. The van der Waals surface area contributed by atoms with Crippen LogP contribution in [0.5, 0.6) is 5.75 Å². The van der Waals surface area contributed by atoms with Crippen molar-refractivity contribution >= 4 is 11.6 Å². The third-order valence-electron chi connectivity index (χ3n) is 3.13. The van der Waals surface area contributed by atoms with E-state index in [1.54, 1.807) is 25.2 Å². The minimum atomic E-state index is -0.106. The van der Waals surface area contributed by atoms with Crippen molar-refractivity contribution in [3.8, 4) is 5.75 Å². The van der Waals surface area contributed by atoms with Crippen molar-refractivity contribution in [2.24, 2.45) is 0 Å². The van der Waals surface area contributed by atoms with Crippen molar-refractivity contribution in [2.45, 2.75) is 13.0 Å². The quantitative estimate of drug-likeness (QED) is 0.800. The highest BCUT2D eigenvalue weighted by Gasteiger charge is 2.07. The van der Waals surface area contributed by atoms with Crippen molar-refractivity contribution in [1.29, 1.82) is 0 Å². The predicted molar refractivity (Wildman–Crippen MR) is 80.0 cm³/mol. The first-order valence-corrected chi connectivity index (χ1v) is 6.48. The Balaban J connectivity index is 2.13. The van der Waals surface area contributed by atoms with Gasteiger partial charge in [-0.3, -0.25) is 4.79 Å². The van der Waals surface area contributed by atoms with Crippen LogP contribution in [0.4, 0.5) is 5.69 Å². The van der Waals surface area contributed by atoms with Crippen LogP contribution in [0.3, 0.4) is 0 Å². The minimum absolute atomic E-state index is 0.0792. The van der Waals surface area contributed by atoms with Crippen molar-refractivity contribution in [3.05, 3.63) is 59.7 Å². The molecule has 4 nitrogen and oxygen atoms in total. The Hall–Kier alpha value is -2.49. The average Bonchev–Trinajstić information content (AvgIpc) is 2.47. The topological polar surface area (TPSA) is 61.4 Å². The molecule has 0 aliphatic heterocycles. The smallest absolute Gasteiger partial charge is 0.251 e. The number of rotatable bonds is 4. The fraction of sp³-hybridized carbons (Fsp3) is 0.188. The molecule has 2 rings (SSSR count). The summed E-state index contributed by atoms with van der Waals surface area (Å²) in [7, 11) is 1.61. The first-order valence-electron chi connectivity index (χ1n) is 6.48. The molecular weight excluding hydrogens is 252 g/mol. The van der Waals surface area contributed by atoms with Crippen LogP contribution < -0.4 is 10.6 Å². The van der Waals surface area contributed by atoms with Gasteiger partial charge in [0.05, 0.1) is 0 Å². The van der Waals surface area contributed by atoms with Gasteiger partial charge < -0.3 is 15.7 Å². The normalized spacial score (nSPS) is 11.7. The van der Waals surface area contributed by atoms with Crippen LogP contribution in [0.25, 0.3) is 0 Å². The number of phenols is 1. The lowest BCUT2D eigenvalue weighted by atomic mass is 10.1. The van der Waals surface area contributed by atoms with Crippen molar-refractivity contribution in [1.82, 2.24) is 5.32 Å². The van der Waals surface area contributed by atoms with Gasteiger partial charge in [-0.15, -0.1) is 0 Å². The van der Waals surface area contributed by atoms with Gasteiger partial charge in [-0.05, 0) is 42.8 Å². The molecule has 0 saturated carbocycles. The second-order valence-corrected chi connectivity index (χ2v) is 4.62. The summed E-state index contributed by atoms with van der Waals surface area (Å²) in [5.41, 5.74) is 2.57.